The van der Waals surface area contributed by atoms with E-state index in [2.05, 4.69) is 77.1 Å². The molecule has 3 saturated heterocycles. The molecule has 3 aliphatic heterocycles. The quantitative estimate of drug-likeness (QED) is 0.0576. The number of sulfone groups is 1. The van der Waals surface area contributed by atoms with Crippen LogP contribution >= 0.6 is 11.8 Å². The molecule has 0 radical (unpaired) electrons. The number of rotatable bonds is 12. The Bertz CT molecular complexity index is 4280. The van der Waals surface area contributed by atoms with Crippen LogP contribution in [0.4, 0.5) is 34.9 Å². The minimum atomic E-state index is -3.71. The highest BCUT2D eigenvalue weighted by atomic mass is 32.2. The maximum Gasteiger partial charge on any atom is 0.254 e. The van der Waals surface area contributed by atoms with Gasteiger partial charge in [0, 0.05) is 63.0 Å². The molecule has 81 heavy (non-hydrogen) atoms. The van der Waals surface area contributed by atoms with Gasteiger partial charge in [-0.3, -0.25) is 48.9 Å². The minimum Gasteiger partial charge on any atom is -0.324 e. The first-order valence-corrected chi connectivity index (χ1v) is 28.6. The number of amides is 6. The molecule has 1 atom stereocenters. The summed E-state index contributed by atoms with van der Waals surface area (Å²) in [6.45, 7) is 0. The largest absolute Gasteiger partial charge is 0.324 e. The predicted molar refractivity (Wildman–Crippen MR) is 296 cm³/mol. The summed E-state index contributed by atoms with van der Waals surface area (Å²) in [5.41, 5.74) is 6.00. The summed E-state index contributed by atoms with van der Waals surface area (Å²) >= 11 is 1.41. The number of fused-ring (bicyclic) bond motifs is 3. The molecule has 3 aromatic carbocycles. The van der Waals surface area contributed by atoms with Gasteiger partial charge in [-0.25, -0.2) is 13.4 Å². The summed E-state index contributed by atoms with van der Waals surface area (Å²) in [6, 6.07) is 28.0. The molecule has 6 N–H and O–H groups in total. The van der Waals surface area contributed by atoms with E-state index in [1.807, 2.05) is 85.1 Å². The highest BCUT2D eigenvalue weighted by Gasteiger charge is 2.28. The van der Waals surface area contributed by atoms with Crippen LogP contribution in [0.5, 0.6) is 0 Å². The van der Waals surface area contributed by atoms with Crippen molar-refractivity contribution in [3.05, 3.63) is 143 Å². The van der Waals surface area contributed by atoms with Crippen LogP contribution in [-0.2, 0) is 49.4 Å². The SMILES string of the molecule is CS(=O)(=O)c1nc(Nc2ccccc2)n2ncc(/C=C3\CC(=O)NC3=O)c2n1.CS(=O)c1nc(Nc2ccccc2)n2ncc(/C=C3\CC(=O)NC3=O)c2n1.CSc1nc(Nc2ccccc2)n2ncc(/C=C3\CC(=O)NC3=O)c2n1. The van der Waals surface area contributed by atoms with Gasteiger partial charge >= 0.3 is 0 Å². The minimum absolute atomic E-state index is 0.00292. The zero-order valence-corrected chi connectivity index (χ0v) is 45.0. The molecular weight excluding hydrogens is 1100 g/mol. The van der Waals surface area contributed by atoms with E-state index in [-0.39, 0.29) is 64.5 Å². The molecule has 0 bridgehead atoms. The van der Waals surface area contributed by atoms with Gasteiger partial charge in [-0.15, -0.1) is 0 Å². The van der Waals surface area contributed by atoms with E-state index in [9.17, 15) is 41.4 Å². The smallest absolute Gasteiger partial charge is 0.254 e. The average molecular weight is 1150 g/mol. The lowest BCUT2D eigenvalue weighted by molar-refractivity contribution is -0.125. The fraction of sp³-hybridized carbons (Fsp3) is 0.118. The highest BCUT2D eigenvalue weighted by molar-refractivity contribution is 7.98. The van der Waals surface area contributed by atoms with Crippen molar-refractivity contribution >= 4 is 138 Å². The number of aromatic nitrogens is 12. The molecule has 3 aliphatic rings. The number of imide groups is 3. The second kappa shape index (κ2) is 23.0. The summed E-state index contributed by atoms with van der Waals surface area (Å²) in [4.78, 5) is 95.3. The van der Waals surface area contributed by atoms with Gasteiger partial charge in [0.15, 0.2) is 22.1 Å². The summed E-state index contributed by atoms with van der Waals surface area (Å²) in [5, 5.41) is 29.2. The van der Waals surface area contributed by atoms with Crippen molar-refractivity contribution < 1.29 is 41.4 Å². The Morgan fingerprint density at radius 2 is 0.877 bits per heavy atom. The Hall–Kier alpha value is -10.2. The molecule has 0 spiro atoms. The van der Waals surface area contributed by atoms with Crippen molar-refractivity contribution in [3.63, 3.8) is 0 Å². The van der Waals surface area contributed by atoms with Gasteiger partial charge in [-0.1, -0.05) is 66.4 Å². The Morgan fingerprint density at radius 1 is 0.519 bits per heavy atom. The molecule has 9 heterocycles. The van der Waals surface area contributed by atoms with Crippen molar-refractivity contribution in [2.75, 3.05) is 34.7 Å². The van der Waals surface area contributed by atoms with E-state index >= 15 is 0 Å². The zero-order valence-electron chi connectivity index (χ0n) is 42.5. The lowest BCUT2D eigenvalue weighted by atomic mass is 10.1. The van der Waals surface area contributed by atoms with E-state index in [0.717, 1.165) is 17.6 Å². The third-order valence-electron chi connectivity index (χ3n) is 11.7. The number of hydrogen-bond donors (Lipinski definition) is 6. The number of benzene rings is 3. The third kappa shape index (κ3) is 12.4. The molecular formula is C51H42N18O9S3. The Morgan fingerprint density at radius 3 is 1.22 bits per heavy atom. The van der Waals surface area contributed by atoms with Crippen LogP contribution < -0.4 is 31.9 Å². The number of nitrogens with one attached hydrogen (secondary N) is 6. The first-order chi connectivity index (χ1) is 39.0. The maximum atomic E-state index is 12.0. The molecule has 408 valence electrons. The number of nitrogens with zero attached hydrogens (tertiary/aromatic N) is 12. The van der Waals surface area contributed by atoms with Crippen LogP contribution in [0.2, 0.25) is 0 Å². The summed E-state index contributed by atoms with van der Waals surface area (Å²) in [6.07, 6.45) is 13.6. The molecule has 6 amide bonds. The van der Waals surface area contributed by atoms with Gasteiger partial charge in [0.05, 0.1) is 48.7 Å². The molecule has 12 rings (SSSR count). The van der Waals surface area contributed by atoms with Crippen LogP contribution in [0.1, 0.15) is 36.0 Å². The monoisotopic (exact) mass is 1150 g/mol. The van der Waals surface area contributed by atoms with Crippen LogP contribution in [-0.4, -0.2) is 126 Å². The van der Waals surface area contributed by atoms with Crippen molar-refractivity contribution in [1.82, 2.24) is 74.7 Å². The molecule has 9 aromatic rings. The molecule has 6 aromatic heterocycles. The van der Waals surface area contributed by atoms with Gasteiger partial charge in [0.2, 0.25) is 50.6 Å². The lowest BCUT2D eigenvalue weighted by Gasteiger charge is -2.08. The standard InChI is InChI=1S/C17H14N6O4S.C17H14N6O3S.C17H14N6O2S/c1-28(26,27)17-21-14-11(7-10-8-13(24)20-15(10)25)9-18-23(14)16(22-17)19-12-5-3-2-4-6-12;1-27(26)17-21-14-11(7-10-8-13(24)20-15(10)25)9-18-23(14)16(22-17)19-12-5-3-2-4-6-12;1-26-17-21-14-11(7-10-8-13(24)20-15(10)25)9-18-23(14)16(22-17)19-12-5-3-2-4-6-12/h2-7,9H,8H2,1H3,(H,19,21,22)(H,20,24,25);2-7,9H,8H2,1H3,(H,19,21,22)(H,20,24,25);2-7,9H,8H2,1H3,(H,19,21,22)(H,20,24,25)/b3*10-7+. The normalized spacial score (nSPS) is 16.1. The number of carbonyl (C=O) groups is 6. The molecule has 0 aliphatic carbocycles. The number of hydrogen-bond acceptors (Lipinski definition) is 22. The first kappa shape index (κ1) is 54.2. The second-order valence-corrected chi connectivity index (χ2v) is 21.5. The topological polar surface area (TPSA) is 355 Å². The van der Waals surface area contributed by atoms with Crippen LogP contribution in [0.25, 0.3) is 35.2 Å². The van der Waals surface area contributed by atoms with Crippen LogP contribution in [0, 0.1) is 0 Å². The van der Waals surface area contributed by atoms with E-state index in [1.165, 1.54) is 45.5 Å². The van der Waals surface area contributed by atoms with Crippen LogP contribution in [0.15, 0.2) is 142 Å². The number of anilines is 6. The first-order valence-electron chi connectivity index (χ1n) is 23.9. The van der Waals surface area contributed by atoms with Gasteiger partial charge < -0.3 is 16.0 Å². The lowest BCUT2D eigenvalue weighted by Crippen LogP contribution is -2.19. The Kier molecular flexibility index (Phi) is 15.4. The maximum absolute atomic E-state index is 12.0. The zero-order chi connectivity index (χ0) is 57.0. The summed E-state index contributed by atoms with van der Waals surface area (Å²) in [7, 11) is -5.13. The average Bonchev–Trinajstić information content (AvgIpc) is 4.54. The third-order valence-corrected chi connectivity index (χ3v) is 13.8. The fourth-order valence-electron chi connectivity index (χ4n) is 7.94. The molecule has 0 saturated carbocycles. The van der Waals surface area contributed by atoms with E-state index in [0.29, 0.717) is 61.9 Å². The van der Waals surface area contributed by atoms with E-state index in [4.69, 9.17) is 0 Å². The predicted octanol–water partition coefficient (Wildman–Crippen LogP) is 3.76. The van der Waals surface area contributed by atoms with Gasteiger partial charge in [0.1, 0.15) is 0 Å². The molecule has 27 nitrogen and oxygen atoms in total. The van der Waals surface area contributed by atoms with E-state index in [1.54, 1.807) is 35.0 Å². The summed E-state index contributed by atoms with van der Waals surface area (Å²) in [5.74, 6) is -1.35. The number of carbonyl (C=O) groups excluding carboxylic acids is 6. The van der Waals surface area contributed by atoms with Crippen molar-refractivity contribution in [3.8, 4) is 0 Å². The molecule has 30 heteroatoms. The summed E-state index contributed by atoms with van der Waals surface area (Å²) < 4.78 is 40.4. The van der Waals surface area contributed by atoms with Gasteiger partial charge in [-0.2, -0.15) is 53.8 Å². The fourth-order valence-corrected chi connectivity index (χ4v) is 9.23. The van der Waals surface area contributed by atoms with Gasteiger partial charge in [-0.05, 0) is 60.9 Å². The Labute approximate surface area is 464 Å². The number of para-hydroxylation sites is 3. The molecule has 3 fully saturated rings. The van der Waals surface area contributed by atoms with Crippen molar-refractivity contribution in [2.45, 2.75) is 34.7 Å². The van der Waals surface area contributed by atoms with Crippen LogP contribution in [0.3, 0.4) is 0 Å². The Balaban J connectivity index is 0.000000136. The molecule has 1 unspecified atom stereocenters. The highest BCUT2D eigenvalue weighted by Crippen LogP contribution is 2.27. The van der Waals surface area contributed by atoms with Gasteiger partial charge in [0.25, 0.3) is 22.9 Å². The van der Waals surface area contributed by atoms with Crippen molar-refractivity contribution in [2.24, 2.45) is 0 Å². The second-order valence-electron chi connectivity index (χ2n) is 17.6. The number of thioether (sulfide) groups is 1. The van der Waals surface area contributed by atoms with Crippen molar-refractivity contribution in [1.29, 1.82) is 0 Å². The van der Waals surface area contributed by atoms with E-state index < -0.39 is 38.4 Å².